The number of imidazole rings is 1. The third kappa shape index (κ3) is 6.62. The van der Waals surface area contributed by atoms with Crippen molar-refractivity contribution in [3.63, 3.8) is 0 Å². The first kappa shape index (κ1) is 23.0. The molecule has 1 unspecified atom stereocenters. The minimum atomic E-state index is 0. The number of guanidine groups is 1. The zero-order valence-electron chi connectivity index (χ0n) is 17.3. The van der Waals surface area contributed by atoms with Crippen LogP contribution in [0.1, 0.15) is 30.5 Å². The van der Waals surface area contributed by atoms with Crippen LogP contribution >= 0.6 is 24.0 Å². The van der Waals surface area contributed by atoms with Gasteiger partial charge in [-0.15, -0.1) is 24.0 Å². The maximum Gasteiger partial charge on any atom is 0.190 e. The number of hydrogen-bond donors (Lipinski definition) is 2. The highest BCUT2D eigenvalue weighted by molar-refractivity contribution is 14.0. The fourth-order valence-corrected chi connectivity index (χ4v) is 3.14. The Morgan fingerprint density at radius 1 is 1.14 bits per heavy atom. The Hall–Kier alpha value is -2.29. The summed E-state index contributed by atoms with van der Waals surface area (Å²) < 4.78 is 7.27. The topological polar surface area (TPSA) is 63.0 Å². The lowest BCUT2D eigenvalue weighted by Gasteiger charge is -2.15. The Labute approximate surface area is 189 Å². The van der Waals surface area contributed by atoms with Gasteiger partial charge in [-0.3, -0.25) is 4.99 Å². The third-order valence-corrected chi connectivity index (χ3v) is 4.87. The van der Waals surface area contributed by atoms with Crippen LogP contribution in [-0.4, -0.2) is 42.6 Å². The van der Waals surface area contributed by atoms with E-state index in [0.29, 0.717) is 5.92 Å². The molecule has 7 heteroatoms. The van der Waals surface area contributed by atoms with Crippen molar-refractivity contribution in [1.82, 2.24) is 20.0 Å². The van der Waals surface area contributed by atoms with Crippen LogP contribution in [0.15, 0.2) is 59.9 Å². The Morgan fingerprint density at radius 3 is 2.59 bits per heavy atom. The molecule has 0 saturated carbocycles. The first-order chi connectivity index (χ1) is 13.7. The van der Waals surface area contributed by atoms with Gasteiger partial charge in [0.05, 0.1) is 12.8 Å². The van der Waals surface area contributed by atoms with Crippen LogP contribution in [0.4, 0.5) is 0 Å². The first-order valence-electron chi connectivity index (χ1n) is 9.70. The average Bonchev–Trinajstić information content (AvgIpc) is 3.15. The number of rotatable bonds is 8. The van der Waals surface area contributed by atoms with E-state index in [-0.39, 0.29) is 24.0 Å². The van der Waals surface area contributed by atoms with Crippen LogP contribution in [0.3, 0.4) is 0 Å². The molecule has 0 aliphatic heterocycles. The Morgan fingerprint density at radius 2 is 1.90 bits per heavy atom. The highest BCUT2D eigenvalue weighted by Gasteiger charge is 2.07. The van der Waals surface area contributed by atoms with Gasteiger partial charge in [0.25, 0.3) is 0 Å². The molecule has 0 bridgehead atoms. The minimum absolute atomic E-state index is 0. The number of ether oxygens (including phenoxy) is 1. The van der Waals surface area contributed by atoms with Gasteiger partial charge in [-0.1, -0.05) is 25.1 Å². The second-order valence-electron chi connectivity index (χ2n) is 6.84. The van der Waals surface area contributed by atoms with Crippen molar-refractivity contribution < 1.29 is 4.74 Å². The van der Waals surface area contributed by atoms with Gasteiger partial charge in [0.2, 0.25) is 0 Å². The normalized spacial score (nSPS) is 12.3. The lowest BCUT2D eigenvalue weighted by Crippen LogP contribution is -2.39. The number of benzene rings is 1. The summed E-state index contributed by atoms with van der Waals surface area (Å²) in [5, 5.41) is 6.76. The molecular weight excluding hydrogens is 477 g/mol. The second-order valence-corrected chi connectivity index (χ2v) is 6.84. The first-order valence-corrected chi connectivity index (χ1v) is 9.70. The molecule has 0 saturated heterocycles. The quantitative estimate of drug-likeness (QED) is 0.276. The molecule has 1 aromatic carbocycles. The molecule has 2 N–H and O–H groups in total. The van der Waals surface area contributed by atoms with E-state index >= 15 is 0 Å². The molecule has 0 aliphatic carbocycles. The van der Waals surface area contributed by atoms with E-state index in [0.717, 1.165) is 49.0 Å². The van der Waals surface area contributed by atoms with Gasteiger partial charge in [-0.25, -0.2) is 4.98 Å². The summed E-state index contributed by atoms with van der Waals surface area (Å²) in [6, 6.07) is 14.3. The summed E-state index contributed by atoms with van der Waals surface area (Å²) in [4.78, 5) is 8.93. The van der Waals surface area contributed by atoms with Crippen LogP contribution in [0, 0.1) is 0 Å². The van der Waals surface area contributed by atoms with Crippen LogP contribution in [0.5, 0.6) is 5.75 Å². The SMILES string of the molecule is CN=C(NCCc1cn2ccccc2n1)NCCC(C)c1ccc(OC)cc1.I. The number of methoxy groups -OCH3 is 1. The largest absolute Gasteiger partial charge is 0.497 e. The van der Waals surface area contributed by atoms with Crippen LogP contribution < -0.4 is 15.4 Å². The summed E-state index contributed by atoms with van der Waals surface area (Å²) in [6.07, 6.45) is 5.97. The van der Waals surface area contributed by atoms with Crippen molar-refractivity contribution in [2.75, 3.05) is 27.2 Å². The molecule has 0 amide bonds. The number of halogens is 1. The van der Waals surface area contributed by atoms with Gasteiger partial charge in [0.1, 0.15) is 11.4 Å². The van der Waals surface area contributed by atoms with Crippen LogP contribution in [-0.2, 0) is 6.42 Å². The maximum absolute atomic E-state index is 5.22. The average molecular weight is 507 g/mol. The van der Waals surface area contributed by atoms with Gasteiger partial charge >= 0.3 is 0 Å². The predicted octanol–water partition coefficient (Wildman–Crippen LogP) is 3.86. The number of aliphatic imine (C=N–C) groups is 1. The fraction of sp³-hybridized carbons (Fsp3) is 0.364. The summed E-state index contributed by atoms with van der Waals surface area (Å²) in [7, 11) is 3.49. The van der Waals surface area contributed by atoms with Gasteiger partial charge in [-0.2, -0.15) is 0 Å². The third-order valence-electron chi connectivity index (χ3n) is 4.87. The summed E-state index contributed by atoms with van der Waals surface area (Å²) in [5.41, 5.74) is 3.37. The lowest BCUT2D eigenvalue weighted by molar-refractivity contribution is 0.414. The van der Waals surface area contributed by atoms with Crippen molar-refractivity contribution in [3.8, 4) is 5.75 Å². The van der Waals surface area contributed by atoms with E-state index in [1.807, 2.05) is 40.9 Å². The van der Waals surface area contributed by atoms with E-state index in [9.17, 15) is 0 Å². The molecule has 0 fully saturated rings. The van der Waals surface area contributed by atoms with E-state index in [2.05, 4.69) is 45.9 Å². The molecular formula is C22H30IN5O. The van der Waals surface area contributed by atoms with Crippen molar-refractivity contribution in [2.45, 2.75) is 25.7 Å². The zero-order chi connectivity index (χ0) is 19.8. The molecule has 1 atom stereocenters. The highest BCUT2D eigenvalue weighted by Crippen LogP contribution is 2.21. The molecule has 3 aromatic rings. The van der Waals surface area contributed by atoms with Gasteiger partial charge in [0, 0.05) is 39.0 Å². The molecule has 0 aliphatic rings. The Bertz CT molecular complexity index is 874. The van der Waals surface area contributed by atoms with Crippen molar-refractivity contribution in [3.05, 3.63) is 66.1 Å². The lowest BCUT2D eigenvalue weighted by atomic mass is 9.98. The van der Waals surface area contributed by atoms with E-state index in [1.54, 1.807) is 14.2 Å². The van der Waals surface area contributed by atoms with Crippen molar-refractivity contribution >= 4 is 35.6 Å². The summed E-state index contributed by atoms with van der Waals surface area (Å²) in [6.45, 7) is 3.89. The smallest absolute Gasteiger partial charge is 0.190 e. The zero-order valence-corrected chi connectivity index (χ0v) is 19.6. The highest BCUT2D eigenvalue weighted by atomic mass is 127. The Balaban J connectivity index is 0.00000300. The molecule has 2 aromatic heterocycles. The second kappa shape index (κ2) is 11.6. The molecule has 156 valence electrons. The molecule has 29 heavy (non-hydrogen) atoms. The van der Waals surface area contributed by atoms with Crippen LogP contribution in [0.25, 0.3) is 5.65 Å². The predicted molar refractivity (Wildman–Crippen MR) is 130 cm³/mol. The van der Waals surface area contributed by atoms with Gasteiger partial charge in [-0.05, 0) is 42.2 Å². The van der Waals surface area contributed by atoms with E-state index < -0.39 is 0 Å². The number of fused-ring (bicyclic) bond motifs is 1. The number of nitrogens with one attached hydrogen (secondary N) is 2. The minimum Gasteiger partial charge on any atom is -0.497 e. The molecule has 0 radical (unpaired) electrons. The maximum atomic E-state index is 5.22. The van der Waals surface area contributed by atoms with Crippen molar-refractivity contribution in [2.24, 2.45) is 4.99 Å². The molecule has 0 spiro atoms. The standard InChI is InChI=1S/C22H29N5O.HI/c1-17(18-7-9-20(28-3)10-8-18)11-13-24-22(23-2)25-14-12-19-16-27-15-5-4-6-21(27)26-19;/h4-10,15-17H,11-14H2,1-3H3,(H2,23,24,25);1H. The fourth-order valence-electron chi connectivity index (χ4n) is 3.14. The van der Waals surface area contributed by atoms with Gasteiger partial charge in [0.15, 0.2) is 5.96 Å². The Kier molecular flexibility index (Phi) is 9.24. The number of nitrogens with zero attached hydrogens (tertiary/aromatic N) is 3. The molecule has 2 heterocycles. The van der Waals surface area contributed by atoms with E-state index in [1.165, 1.54) is 5.56 Å². The van der Waals surface area contributed by atoms with Crippen molar-refractivity contribution in [1.29, 1.82) is 0 Å². The monoisotopic (exact) mass is 507 g/mol. The molecule has 3 rings (SSSR count). The molecule has 6 nitrogen and oxygen atoms in total. The number of hydrogen-bond acceptors (Lipinski definition) is 3. The summed E-state index contributed by atoms with van der Waals surface area (Å²) in [5.74, 6) is 2.18. The van der Waals surface area contributed by atoms with Crippen LogP contribution in [0.2, 0.25) is 0 Å². The number of pyridine rings is 1. The van der Waals surface area contributed by atoms with Gasteiger partial charge < -0.3 is 19.8 Å². The number of aromatic nitrogens is 2. The van der Waals surface area contributed by atoms with E-state index in [4.69, 9.17) is 4.74 Å². The summed E-state index contributed by atoms with van der Waals surface area (Å²) >= 11 is 0.